The van der Waals surface area contributed by atoms with Crippen LogP contribution in [0.15, 0.2) is 72.8 Å². The van der Waals surface area contributed by atoms with Crippen LogP contribution in [-0.2, 0) is 30.9 Å². The zero-order valence-corrected chi connectivity index (χ0v) is 27.4. The lowest BCUT2D eigenvalue weighted by atomic mass is 9.91. The molecular weight excluding hydrogens is 618 g/mol. The van der Waals surface area contributed by atoms with Crippen molar-refractivity contribution < 1.29 is 38.4 Å². The number of aliphatic carboxylic acids is 1. The Morgan fingerprint density at radius 3 is 2.29 bits per heavy atom. The number of aliphatic hydroxyl groups is 2. The van der Waals surface area contributed by atoms with E-state index in [0.29, 0.717) is 18.5 Å². The highest BCUT2D eigenvalue weighted by Gasteiger charge is 2.32. The fraction of sp³-hybridized carbons (Fsp3) is 0.342. The molecule has 0 amide bonds. The van der Waals surface area contributed by atoms with Crippen molar-refractivity contribution in [2.24, 2.45) is 0 Å². The number of benzene rings is 4. The van der Waals surface area contributed by atoms with E-state index < -0.39 is 29.7 Å². The van der Waals surface area contributed by atoms with Crippen LogP contribution in [0, 0.1) is 18.6 Å². The first-order chi connectivity index (χ1) is 23.0. The Bertz CT molecular complexity index is 1770. The Morgan fingerprint density at radius 2 is 1.62 bits per heavy atom. The number of carboxylic acid groups (broad SMARTS) is 1. The van der Waals surface area contributed by atoms with Crippen molar-refractivity contribution in [3.63, 3.8) is 0 Å². The molecule has 0 saturated heterocycles. The van der Waals surface area contributed by atoms with Gasteiger partial charge in [-0.05, 0) is 102 Å². The number of rotatable bonds is 15. The molecule has 8 nitrogen and oxygen atoms in total. The lowest BCUT2D eigenvalue weighted by Gasteiger charge is -2.24. The monoisotopic (exact) mass is 660 g/mol. The fourth-order valence-electron chi connectivity index (χ4n) is 5.81. The maximum Gasteiger partial charge on any atom is 0.326 e. The van der Waals surface area contributed by atoms with Crippen LogP contribution in [0.4, 0.5) is 8.78 Å². The van der Waals surface area contributed by atoms with E-state index in [1.807, 2.05) is 38.1 Å². The summed E-state index contributed by atoms with van der Waals surface area (Å²) in [6, 6.07) is 21.3. The molecule has 10 heteroatoms. The molecule has 0 saturated carbocycles. The summed E-state index contributed by atoms with van der Waals surface area (Å²) in [5, 5.41) is 33.9. The molecule has 48 heavy (non-hydrogen) atoms. The third kappa shape index (κ3) is 7.85. The average molecular weight is 661 g/mol. The van der Waals surface area contributed by atoms with E-state index in [2.05, 4.69) is 22.8 Å². The molecule has 0 spiro atoms. The van der Waals surface area contributed by atoms with Gasteiger partial charge in [0.1, 0.15) is 18.2 Å². The van der Waals surface area contributed by atoms with Gasteiger partial charge in [0.05, 0.1) is 13.2 Å². The van der Waals surface area contributed by atoms with Crippen LogP contribution in [0.5, 0.6) is 11.5 Å². The van der Waals surface area contributed by atoms with Crippen molar-refractivity contribution in [2.75, 3.05) is 13.2 Å². The van der Waals surface area contributed by atoms with Gasteiger partial charge in [-0.25, -0.2) is 8.78 Å². The Morgan fingerprint density at radius 1 is 0.958 bits per heavy atom. The van der Waals surface area contributed by atoms with E-state index in [1.54, 1.807) is 24.3 Å². The molecule has 0 fully saturated rings. The van der Waals surface area contributed by atoms with Crippen molar-refractivity contribution in [1.29, 1.82) is 0 Å². The summed E-state index contributed by atoms with van der Waals surface area (Å²) in [6.45, 7) is 5.33. The van der Waals surface area contributed by atoms with Crippen LogP contribution in [-0.4, -0.2) is 46.1 Å². The molecule has 0 heterocycles. The normalized spacial score (nSPS) is 15.9. The summed E-state index contributed by atoms with van der Waals surface area (Å²) in [5.41, 5.74) is 5.91. The molecule has 254 valence electrons. The van der Waals surface area contributed by atoms with E-state index in [1.165, 1.54) is 19.1 Å². The largest absolute Gasteiger partial charge is 0.486 e. The number of ether oxygens (including phenoxy) is 2. The summed E-state index contributed by atoms with van der Waals surface area (Å²) >= 11 is 0. The van der Waals surface area contributed by atoms with Crippen LogP contribution >= 0.6 is 0 Å². The van der Waals surface area contributed by atoms with Gasteiger partial charge >= 0.3 is 5.97 Å². The van der Waals surface area contributed by atoms with E-state index in [4.69, 9.17) is 9.47 Å². The molecule has 1 unspecified atom stereocenters. The number of carbonyl (C=O) groups is 1. The van der Waals surface area contributed by atoms with Crippen molar-refractivity contribution >= 4 is 5.97 Å². The van der Waals surface area contributed by atoms with E-state index in [-0.39, 0.29) is 43.4 Å². The molecule has 5 N–H and O–H groups in total. The number of hydrogen-bond donors (Lipinski definition) is 5. The number of halogens is 2. The Labute approximate surface area is 279 Å². The second-order valence-corrected chi connectivity index (χ2v) is 12.5. The van der Waals surface area contributed by atoms with Crippen LogP contribution < -0.4 is 20.1 Å². The molecule has 1 aliphatic carbocycles. The maximum absolute atomic E-state index is 15.1. The van der Waals surface area contributed by atoms with Gasteiger partial charge in [0.15, 0.2) is 23.1 Å². The summed E-state index contributed by atoms with van der Waals surface area (Å²) in [5.74, 6) is -1.92. The first kappa shape index (κ1) is 35.0. The summed E-state index contributed by atoms with van der Waals surface area (Å²) in [6.07, 6.45) is 1.08. The van der Waals surface area contributed by atoms with Crippen LogP contribution in [0.2, 0.25) is 0 Å². The SMILES string of the molecule is Cc1c(COc2ccc(CN[C@@H](C)CO)cc2F)cccc1-c1cccc2c1CCC2Oc1ccc(CN[C@@](C)(CO)C(=O)O)cc1F. The van der Waals surface area contributed by atoms with Gasteiger partial charge in [0.25, 0.3) is 0 Å². The lowest BCUT2D eigenvalue weighted by molar-refractivity contribution is -0.145. The smallest absolute Gasteiger partial charge is 0.326 e. The predicted molar refractivity (Wildman–Crippen MR) is 179 cm³/mol. The van der Waals surface area contributed by atoms with Gasteiger partial charge in [0.2, 0.25) is 0 Å². The average Bonchev–Trinajstić information content (AvgIpc) is 3.50. The highest BCUT2D eigenvalue weighted by atomic mass is 19.1. The highest BCUT2D eigenvalue weighted by Crippen LogP contribution is 2.41. The first-order valence-electron chi connectivity index (χ1n) is 16.0. The Hall–Kier alpha value is -4.35. The minimum atomic E-state index is -1.54. The molecule has 0 radical (unpaired) electrons. The van der Waals surface area contributed by atoms with Gasteiger partial charge in [-0.3, -0.25) is 10.1 Å². The quantitative estimate of drug-likeness (QED) is 0.106. The number of carboxylic acids is 1. The van der Waals surface area contributed by atoms with Crippen LogP contribution in [0.3, 0.4) is 0 Å². The molecule has 5 rings (SSSR count). The molecule has 4 aromatic rings. The van der Waals surface area contributed by atoms with Crippen LogP contribution in [0.1, 0.15) is 59.8 Å². The topological polar surface area (TPSA) is 120 Å². The predicted octanol–water partition coefficient (Wildman–Crippen LogP) is 5.98. The Kier molecular flexibility index (Phi) is 11.1. The summed E-state index contributed by atoms with van der Waals surface area (Å²) in [4.78, 5) is 11.4. The first-order valence-corrected chi connectivity index (χ1v) is 16.0. The third-order valence-corrected chi connectivity index (χ3v) is 9.00. The van der Waals surface area contributed by atoms with Crippen molar-refractivity contribution in [1.82, 2.24) is 10.6 Å². The molecular formula is C38H42F2N2O6. The minimum absolute atomic E-state index is 0.00219. The summed E-state index contributed by atoms with van der Waals surface area (Å²) in [7, 11) is 0. The van der Waals surface area contributed by atoms with Gasteiger partial charge in [-0.15, -0.1) is 0 Å². The molecule has 3 atom stereocenters. The van der Waals surface area contributed by atoms with Gasteiger partial charge in [-0.2, -0.15) is 0 Å². The number of fused-ring (bicyclic) bond motifs is 1. The number of aliphatic hydroxyl groups excluding tert-OH is 2. The van der Waals surface area contributed by atoms with Crippen LogP contribution in [0.25, 0.3) is 11.1 Å². The van der Waals surface area contributed by atoms with Gasteiger partial charge in [0, 0.05) is 19.1 Å². The van der Waals surface area contributed by atoms with Gasteiger partial charge < -0.3 is 30.1 Å². The lowest BCUT2D eigenvalue weighted by Crippen LogP contribution is -2.52. The fourth-order valence-corrected chi connectivity index (χ4v) is 5.81. The van der Waals surface area contributed by atoms with Crippen molar-refractivity contribution in [3.8, 4) is 22.6 Å². The summed E-state index contributed by atoms with van der Waals surface area (Å²) < 4.78 is 42.1. The molecule has 0 aromatic heterocycles. The second kappa shape index (κ2) is 15.3. The second-order valence-electron chi connectivity index (χ2n) is 12.5. The maximum atomic E-state index is 15.1. The molecule has 0 aliphatic heterocycles. The van der Waals surface area contributed by atoms with Gasteiger partial charge in [-0.1, -0.05) is 48.5 Å². The zero-order chi connectivity index (χ0) is 34.4. The minimum Gasteiger partial charge on any atom is -0.486 e. The van der Waals surface area contributed by atoms with Crippen molar-refractivity contribution in [3.05, 3.63) is 118 Å². The van der Waals surface area contributed by atoms with E-state index >= 15 is 4.39 Å². The molecule has 0 bridgehead atoms. The molecule has 1 aliphatic rings. The molecule has 4 aromatic carbocycles. The third-order valence-electron chi connectivity index (χ3n) is 9.00. The van der Waals surface area contributed by atoms with Crippen molar-refractivity contribution in [2.45, 2.75) is 71.0 Å². The zero-order valence-electron chi connectivity index (χ0n) is 27.4. The number of nitrogens with one attached hydrogen (secondary N) is 2. The highest BCUT2D eigenvalue weighted by molar-refractivity contribution is 5.78. The number of hydrogen-bond acceptors (Lipinski definition) is 7. The standard InChI is InChI=1S/C38H42F2N2O6/c1-23(20-43)41-18-25-10-13-35(32(39)16-25)47-21-27-6-4-7-28(24(27)2)29-8-5-9-31-30(29)12-15-34(31)48-36-14-11-26(17-33(36)40)19-42-38(3,22-44)37(45)46/h4-11,13-14,16-17,23,34,41-44H,12,15,18-22H2,1-3H3,(H,45,46)/t23-,34?,38-/m0/s1. The van der Waals surface area contributed by atoms with E-state index in [0.717, 1.165) is 45.4 Å². The van der Waals surface area contributed by atoms with E-state index in [9.17, 15) is 24.5 Å². The Balaban J connectivity index is 1.27.